The summed E-state index contributed by atoms with van der Waals surface area (Å²) in [5, 5.41) is 0. The van der Waals surface area contributed by atoms with Crippen LogP contribution in [0.25, 0.3) is 6.08 Å². The average molecular weight is 335 g/mol. The molecule has 5 nitrogen and oxygen atoms in total. The summed E-state index contributed by atoms with van der Waals surface area (Å²) in [5.41, 5.74) is 3.06. The number of amides is 1. The zero-order valence-corrected chi connectivity index (χ0v) is 14.0. The molecule has 1 saturated heterocycles. The van der Waals surface area contributed by atoms with E-state index in [1.807, 2.05) is 41.3 Å². The lowest BCUT2D eigenvalue weighted by Gasteiger charge is -2.37. The highest BCUT2D eigenvalue weighted by Crippen LogP contribution is 2.23. The van der Waals surface area contributed by atoms with E-state index in [1.54, 1.807) is 12.4 Å². The number of anilines is 1. The third-order valence-corrected chi connectivity index (χ3v) is 4.34. The first kappa shape index (κ1) is 16.9. The maximum absolute atomic E-state index is 12.4. The largest absolute Gasteiger partial charge is 0.367 e. The molecule has 0 atom stereocenters. The summed E-state index contributed by atoms with van der Waals surface area (Å²) in [5.74, 6) is 0.141. The molecule has 25 heavy (non-hydrogen) atoms. The van der Waals surface area contributed by atoms with E-state index in [-0.39, 0.29) is 5.91 Å². The molecule has 1 aliphatic heterocycles. The Morgan fingerprint density at radius 3 is 2.60 bits per heavy atom. The minimum absolute atomic E-state index is 0.141. The fourth-order valence-electron chi connectivity index (χ4n) is 3.05. The summed E-state index contributed by atoms with van der Waals surface area (Å²) in [6.07, 6.45) is 7.96. The molecule has 5 heteroatoms. The van der Waals surface area contributed by atoms with Gasteiger partial charge in [-0.2, -0.15) is 0 Å². The average Bonchev–Trinajstić information content (AvgIpc) is 2.67. The van der Waals surface area contributed by atoms with E-state index in [2.05, 4.69) is 16.0 Å². The van der Waals surface area contributed by atoms with Crippen LogP contribution in [0, 0.1) is 0 Å². The summed E-state index contributed by atoms with van der Waals surface area (Å²) in [4.78, 5) is 31.3. The topological polar surface area (TPSA) is 53.5 Å². The third kappa shape index (κ3) is 4.32. The highest BCUT2D eigenvalue weighted by Gasteiger charge is 2.22. The van der Waals surface area contributed by atoms with E-state index >= 15 is 0 Å². The number of carbonyl (C=O) groups excluding carboxylic acids is 2. The quantitative estimate of drug-likeness (QED) is 0.621. The van der Waals surface area contributed by atoms with Crippen molar-refractivity contribution in [3.63, 3.8) is 0 Å². The number of para-hydroxylation sites is 1. The van der Waals surface area contributed by atoms with E-state index in [4.69, 9.17) is 0 Å². The van der Waals surface area contributed by atoms with Crippen molar-refractivity contribution in [2.45, 2.75) is 6.42 Å². The van der Waals surface area contributed by atoms with Crippen molar-refractivity contribution in [1.29, 1.82) is 0 Å². The molecular formula is C20H21N3O2. The van der Waals surface area contributed by atoms with Crippen LogP contribution in [-0.4, -0.2) is 48.3 Å². The number of carbonyl (C=O) groups is 2. The number of benzene rings is 1. The van der Waals surface area contributed by atoms with Gasteiger partial charge >= 0.3 is 0 Å². The smallest absolute Gasteiger partial charge is 0.227 e. The Morgan fingerprint density at radius 1 is 1.08 bits per heavy atom. The monoisotopic (exact) mass is 335 g/mol. The Hall–Kier alpha value is -2.95. The van der Waals surface area contributed by atoms with Crippen molar-refractivity contribution in [3.8, 4) is 0 Å². The van der Waals surface area contributed by atoms with Crippen LogP contribution in [-0.2, 0) is 16.0 Å². The second-order valence-corrected chi connectivity index (χ2v) is 5.96. The fourth-order valence-corrected chi connectivity index (χ4v) is 3.05. The Labute approximate surface area is 147 Å². The van der Waals surface area contributed by atoms with Gasteiger partial charge in [0, 0.05) is 44.3 Å². The first-order chi connectivity index (χ1) is 12.3. The lowest BCUT2D eigenvalue weighted by molar-refractivity contribution is -0.130. The maximum atomic E-state index is 12.4. The van der Waals surface area contributed by atoms with Gasteiger partial charge in [-0.15, -0.1) is 0 Å². The van der Waals surface area contributed by atoms with Crippen LogP contribution in [0.1, 0.15) is 11.1 Å². The van der Waals surface area contributed by atoms with Gasteiger partial charge in [-0.05, 0) is 35.4 Å². The van der Waals surface area contributed by atoms with Crippen molar-refractivity contribution in [2.24, 2.45) is 0 Å². The Bertz CT molecular complexity index is 751. The molecule has 3 rings (SSSR count). The van der Waals surface area contributed by atoms with Gasteiger partial charge in [0.1, 0.15) is 6.29 Å². The predicted molar refractivity (Wildman–Crippen MR) is 98.3 cm³/mol. The normalized spacial score (nSPS) is 14.7. The van der Waals surface area contributed by atoms with Crippen molar-refractivity contribution < 1.29 is 9.59 Å². The van der Waals surface area contributed by atoms with Crippen molar-refractivity contribution >= 4 is 24.0 Å². The Morgan fingerprint density at radius 2 is 1.88 bits per heavy atom. The maximum Gasteiger partial charge on any atom is 0.227 e. The second kappa shape index (κ2) is 8.24. The van der Waals surface area contributed by atoms with Crippen molar-refractivity contribution in [1.82, 2.24) is 9.88 Å². The van der Waals surface area contributed by atoms with Gasteiger partial charge in [0.05, 0.1) is 6.42 Å². The van der Waals surface area contributed by atoms with E-state index in [9.17, 15) is 9.59 Å². The van der Waals surface area contributed by atoms with Gasteiger partial charge in [0.25, 0.3) is 0 Å². The molecule has 1 aromatic carbocycles. The first-order valence-corrected chi connectivity index (χ1v) is 8.40. The number of nitrogens with zero attached hydrogens (tertiary/aromatic N) is 3. The molecule has 1 fully saturated rings. The van der Waals surface area contributed by atoms with Gasteiger partial charge in [-0.25, -0.2) is 0 Å². The lowest BCUT2D eigenvalue weighted by atomic mass is 10.1. The first-order valence-electron chi connectivity index (χ1n) is 8.40. The summed E-state index contributed by atoms with van der Waals surface area (Å²) in [6, 6.07) is 11.8. The van der Waals surface area contributed by atoms with Crippen LogP contribution in [0.3, 0.4) is 0 Å². The van der Waals surface area contributed by atoms with Crippen LogP contribution in [0.15, 0.2) is 54.9 Å². The molecule has 1 aliphatic rings. The van der Waals surface area contributed by atoms with Gasteiger partial charge in [-0.1, -0.05) is 24.3 Å². The highest BCUT2D eigenvalue weighted by atomic mass is 16.2. The number of allylic oxidation sites excluding steroid dienone is 1. The second-order valence-electron chi connectivity index (χ2n) is 5.96. The Balaban J connectivity index is 1.61. The van der Waals surface area contributed by atoms with E-state index in [0.717, 1.165) is 36.2 Å². The number of aldehydes is 1. The molecule has 1 amide bonds. The van der Waals surface area contributed by atoms with Crippen LogP contribution in [0.5, 0.6) is 0 Å². The zero-order chi connectivity index (χ0) is 17.5. The number of rotatable bonds is 5. The number of piperazine rings is 1. The van der Waals surface area contributed by atoms with Crippen molar-refractivity contribution in [2.75, 3.05) is 31.1 Å². The van der Waals surface area contributed by atoms with E-state index in [0.29, 0.717) is 19.5 Å². The molecule has 128 valence electrons. The third-order valence-electron chi connectivity index (χ3n) is 4.34. The van der Waals surface area contributed by atoms with Crippen LogP contribution >= 0.6 is 0 Å². The highest BCUT2D eigenvalue weighted by molar-refractivity contribution is 5.80. The molecule has 0 spiro atoms. The summed E-state index contributed by atoms with van der Waals surface area (Å²) in [6.45, 7) is 2.96. The molecule has 0 radical (unpaired) electrons. The van der Waals surface area contributed by atoms with Gasteiger partial charge in [0.15, 0.2) is 0 Å². The van der Waals surface area contributed by atoms with Gasteiger partial charge < -0.3 is 9.80 Å². The standard InChI is InChI=1S/C20H21N3O2/c24-14-4-7-18-6-1-2-8-19(18)22-10-12-23(13-11-22)20(25)15-17-5-3-9-21-16-17/h1-9,14,16H,10-13,15H2/b7-4+. The van der Waals surface area contributed by atoms with Crippen molar-refractivity contribution in [3.05, 3.63) is 66.0 Å². The number of aromatic nitrogens is 1. The minimum atomic E-state index is 0.141. The van der Waals surface area contributed by atoms with Crippen LogP contribution < -0.4 is 4.90 Å². The van der Waals surface area contributed by atoms with Crippen LogP contribution in [0.2, 0.25) is 0 Å². The molecule has 0 aliphatic carbocycles. The molecule has 0 N–H and O–H groups in total. The molecule has 2 heterocycles. The van der Waals surface area contributed by atoms with Crippen LogP contribution in [0.4, 0.5) is 5.69 Å². The van der Waals surface area contributed by atoms with E-state index in [1.165, 1.54) is 6.08 Å². The number of pyridine rings is 1. The zero-order valence-electron chi connectivity index (χ0n) is 14.0. The summed E-state index contributed by atoms with van der Waals surface area (Å²) in [7, 11) is 0. The molecule has 2 aromatic rings. The SMILES string of the molecule is O=C/C=C/c1ccccc1N1CCN(C(=O)Cc2cccnc2)CC1. The number of hydrogen-bond donors (Lipinski definition) is 0. The summed E-state index contributed by atoms with van der Waals surface area (Å²) < 4.78 is 0. The minimum Gasteiger partial charge on any atom is -0.367 e. The molecule has 0 bridgehead atoms. The predicted octanol–water partition coefficient (Wildman–Crippen LogP) is 2.19. The molecule has 0 saturated carbocycles. The summed E-state index contributed by atoms with van der Waals surface area (Å²) >= 11 is 0. The van der Waals surface area contributed by atoms with E-state index < -0.39 is 0 Å². The lowest BCUT2D eigenvalue weighted by Crippen LogP contribution is -2.49. The Kier molecular flexibility index (Phi) is 5.57. The fraction of sp³-hybridized carbons (Fsp3) is 0.250. The van der Waals surface area contributed by atoms with Gasteiger partial charge in [-0.3, -0.25) is 14.6 Å². The molecule has 0 unspecified atom stereocenters. The number of hydrogen-bond acceptors (Lipinski definition) is 4. The molecule has 1 aromatic heterocycles. The van der Waals surface area contributed by atoms with Gasteiger partial charge in [0.2, 0.25) is 5.91 Å². The molecular weight excluding hydrogens is 314 g/mol.